The maximum absolute atomic E-state index is 12.8. The highest BCUT2D eigenvalue weighted by Gasteiger charge is 2.41. The number of carbonyl (C=O) groups is 1. The van der Waals surface area contributed by atoms with E-state index < -0.39 is 43.0 Å². The predicted molar refractivity (Wildman–Crippen MR) is 161 cm³/mol. The van der Waals surface area contributed by atoms with Gasteiger partial charge in [0.1, 0.15) is 24.4 Å². The second-order valence-electron chi connectivity index (χ2n) is 9.85. The van der Waals surface area contributed by atoms with E-state index in [1.165, 1.54) is 0 Å². The molecule has 3 rings (SSSR count). The van der Waals surface area contributed by atoms with Gasteiger partial charge in [0.05, 0.1) is 39.5 Å². The summed E-state index contributed by atoms with van der Waals surface area (Å²) in [6.45, 7) is 6.21. The summed E-state index contributed by atoms with van der Waals surface area (Å²) >= 11 is 0. The molecule has 226 valence electrons. The zero-order valence-corrected chi connectivity index (χ0v) is 24.2. The van der Waals surface area contributed by atoms with Crippen LogP contribution in [0, 0.1) is 0 Å². The molecule has 0 saturated heterocycles. The standard InChI is InChI=1S/C34H43NO7/c1-3-20-35-29(21-31(38)39-4-2)32(40-23-26-14-8-5-9-15-26)34(42-25-28-18-12-7-13-19-28)33(30(37)22-36)41-24-27-16-10-6-11-17-27/h3,5-19,29-30,32-37H,1,4,20-25H2,2H3/t29-,30+,32-,33+,34+/m0/s1. The van der Waals surface area contributed by atoms with Gasteiger partial charge in [0.25, 0.3) is 0 Å². The maximum atomic E-state index is 12.8. The van der Waals surface area contributed by atoms with Gasteiger partial charge >= 0.3 is 5.97 Å². The lowest BCUT2D eigenvalue weighted by Gasteiger charge is -2.39. The summed E-state index contributed by atoms with van der Waals surface area (Å²) in [6, 6.07) is 28.2. The van der Waals surface area contributed by atoms with Crippen LogP contribution in [-0.4, -0.2) is 66.4 Å². The number of benzene rings is 3. The fourth-order valence-corrected chi connectivity index (χ4v) is 4.58. The van der Waals surface area contributed by atoms with Crippen LogP contribution in [0.1, 0.15) is 30.0 Å². The molecule has 0 heterocycles. The number of hydrogen-bond acceptors (Lipinski definition) is 8. The van der Waals surface area contributed by atoms with Crippen LogP contribution in [0.5, 0.6) is 0 Å². The van der Waals surface area contributed by atoms with Crippen LogP contribution in [0.3, 0.4) is 0 Å². The lowest BCUT2D eigenvalue weighted by molar-refractivity contribution is -0.191. The monoisotopic (exact) mass is 577 g/mol. The first-order chi connectivity index (χ1) is 20.5. The Morgan fingerprint density at radius 1 is 0.786 bits per heavy atom. The molecule has 8 nitrogen and oxygen atoms in total. The molecular weight excluding hydrogens is 534 g/mol. The molecule has 0 radical (unpaired) electrons. The highest BCUT2D eigenvalue weighted by Crippen LogP contribution is 2.24. The predicted octanol–water partition coefficient (Wildman–Crippen LogP) is 4.19. The third kappa shape index (κ3) is 11.1. The summed E-state index contributed by atoms with van der Waals surface area (Å²) in [7, 11) is 0. The number of carbonyl (C=O) groups excluding carboxylic acids is 1. The van der Waals surface area contributed by atoms with Crippen LogP contribution in [0.25, 0.3) is 0 Å². The van der Waals surface area contributed by atoms with Gasteiger partial charge in [0, 0.05) is 12.6 Å². The van der Waals surface area contributed by atoms with Crippen molar-refractivity contribution in [3.05, 3.63) is 120 Å². The van der Waals surface area contributed by atoms with E-state index in [9.17, 15) is 15.0 Å². The van der Waals surface area contributed by atoms with Crippen molar-refractivity contribution < 1.29 is 34.0 Å². The third-order valence-electron chi connectivity index (χ3n) is 6.68. The first kappa shape index (κ1) is 33.1. The Kier molecular flexibility index (Phi) is 14.9. The molecular formula is C34H43NO7. The molecule has 42 heavy (non-hydrogen) atoms. The summed E-state index contributed by atoms with van der Waals surface area (Å²) in [4.78, 5) is 12.8. The maximum Gasteiger partial charge on any atom is 0.307 e. The lowest BCUT2D eigenvalue weighted by Crippen LogP contribution is -2.57. The first-order valence-corrected chi connectivity index (χ1v) is 14.3. The number of nitrogens with one attached hydrogen (secondary N) is 1. The molecule has 0 unspecified atom stereocenters. The van der Waals surface area contributed by atoms with Crippen LogP contribution in [0.15, 0.2) is 104 Å². The molecule has 0 amide bonds. The molecule has 0 fully saturated rings. The van der Waals surface area contributed by atoms with E-state index in [2.05, 4.69) is 11.9 Å². The van der Waals surface area contributed by atoms with E-state index >= 15 is 0 Å². The van der Waals surface area contributed by atoms with Crippen LogP contribution >= 0.6 is 0 Å². The van der Waals surface area contributed by atoms with Crippen LogP contribution in [-0.2, 0) is 43.6 Å². The quantitative estimate of drug-likeness (QED) is 0.136. The molecule has 3 aromatic carbocycles. The molecule has 3 aromatic rings. The summed E-state index contributed by atoms with van der Waals surface area (Å²) in [5.74, 6) is -0.404. The molecule has 0 spiro atoms. The Morgan fingerprint density at radius 2 is 1.24 bits per heavy atom. The normalized spacial score (nSPS) is 14.8. The highest BCUT2D eigenvalue weighted by molar-refractivity contribution is 5.70. The minimum Gasteiger partial charge on any atom is -0.466 e. The molecule has 0 aromatic heterocycles. The lowest BCUT2D eigenvalue weighted by atomic mass is 9.94. The van der Waals surface area contributed by atoms with Crippen molar-refractivity contribution in [3.8, 4) is 0 Å². The molecule has 3 N–H and O–H groups in total. The molecule has 0 saturated carbocycles. The van der Waals surface area contributed by atoms with Crippen molar-refractivity contribution in [2.45, 2.75) is 63.6 Å². The third-order valence-corrected chi connectivity index (χ3v) is 6.68. The Labute approximate surface area is 248 Å². The summed E-state index contributed by atoms with van der Waals surface area (Å²) in [5.41, 5.74) is 2.72. The first-order valence-electron chi connectivity index (χ1n) is 14.3. The van der Waals surface area contributed by atoms with Gasteiger partial charge in [-0.2, -0.15) is 0 Å². The number of rotatable bonds is 20. The number of esters is 1. The van der Waals surface area contributed by atoms with Gasteiger partial charge in [-0.15, -0.1) is 6.58 Å². The molecule has 8 heteroatoms. The van der Waals surface area contributed by atoms with Gasteiger partial charge in [-0.1, -0.05) is 97.1 Å². The zero-order valence-electron chi connectivity index (χ0n) is 24.2. The van der Waals surface area contributed by atoms with Gasteiger partial charge in [-0.3, -0.25) is 4.79 Å². The summed E-state index contributed by atoms with van der Waals surface area (Å²) in [5, 5.41) is 24.5. The second-order valence-corrected chi connectivity index (χ2v) is 9.85. The average Bonchev–Trinajstić information content (AvgIpc) is 3.03. The topological polar surface area (TPSA) is 106 Å². The SMILES string of the molecule is C=CCN[C@@H](CC(=O)OCC)[C@H](OCc1ccccc1)[C@@H](OCc1ccccc1)[C@H](OCc1ccccc1)[C@H](O)CO. The van der Waals surface area contributed by atoms with Gasteiger partial charge in [-0.05, 0) is 23.6 Å². The zero-order chi connectivity index (χ0) is 30.0. The van der Waals surface area contributed by atoms with E-state index in [1.54, 1.807) is 13.0 Å². The minimum atomic E-state index is -1.29. The van der Waals surface area contributed by atoms with Crippen molar-refractivity contribution in [1.29, 1.82) is 0 Å². The average molecular weight is 578 g/mol. The Hall–Kier alpha value is -3.37. The Bertz CT molecular complexity index is 1150. The smallest absolute Gasteiger partial charge is 0.307 e. The summed E-state index contributed by atoms with van der Waals surface area (Å²) < 4.78 is 24.6. The molecule has 0 aliphatic rings. The molecule has 0 aliphatic carbocycles. The van der Waals surface area contributed by atoms with Crippen LogP contribution < -0.4 is 5.32 Å². The van der Waals surface area contributed by atoms with E-state index in [4.69, 9.17) is 18.9 Å². The second kappa shape index (κ2) is 18.9. The minimum absolute atomic E-state index is 0.0209. The number of aliphatic hydroxyl groups excluding tert-OH is 2. The van der Waals surface area contributed by atoms with E-state index in [0.717, 1.165) is 16.7 Å². The Balaban J connectivity index is 2.02. The molecule has 5 atom stereocenters. The van der Waals surface area contributed by atoms with Crippen molar-refractivity contribution in [3.63, 3.8) is 0 Å². The van der Waals surface area contributed by atoms with E-state index in [0.29, 0.717) is 6.54 Å². The van der Waals surface area contributed by atoms with Crippen molar-refractivity contribution in [1.82, 2.24) is 5.32 Å². The van der Waals surface area contributed by atoms with Crippen molar-refractivity contribution >= 4 is 5.97 Å². The number of aliphatic hydroxyl groups is 2. The number of ether oxygens (including phenoxy) is 4. The van der Waals surface area contributed by atoms with Gasteiger partial charge in [0.2, 0.25) is 0 Å². The van der Waals surface area contributed by atoms with Crippen LogP contribution in [0.4, 0.5) is 0 Å². The number of hydrogen-bond donors (Lipinski definition) is 3. The van der Waals surface area contributed by atoms with E-state index in [1.807, 2.05) is 91.0 Å². The fourth-order valence-electron chi connectivity index (χ4n) is 4.58. The fraction of sp³-hybridized carbons (Fsp3) is 0.382. The van der Waals surface area contributed by atoms with Gasteiger partial charge < -0.3 is 34.5 Å². The molecule has 0 bridgehead atoms. The highest BCUT2D eigenvalue weighted by atomic mass is 16.6. The summed E-state index contributed by atoms with van der Waals surface area (Å²) in [6.07, 6.45) is -2.34. The van der Waals surface area contributed by atoms with Gasteiger partial charge in [-0.25, -0.2) is 0 Å². The van der Waals surface area contributed by atoms with Crippen molar-refractivity contribution in [2.24, 2.45) is 0 Å². The molecule has 0 aliphatic heterocycles. The van der Waals surface area contributed by atoms with Crippen LogP contribution in [0.2, 0.25) is 0 Å². The largest absolute Gasteiger partial charge is 0.466 e. The van der Waals surface area contributed by atoms with Gasteiger partial charge in [0.15, 0.2) is 0 Å². The van der Waals surface area contributed by atoms with Crippen molar-refractivity contribution in [2.75, 3.05) is 19.8 Å². The van der Waals surface area contributed by atoms with E-state index in [-0.39, 0.29) is 32.8 Å². The Morgan fingerprint density at radius 3 is 1.67 bits per heavy atom.